The van der Waals surface area contributed by atoms with Gasteiger partial charge in [-0.15, -0.1) is 0 Å². The van der Waals surface area contributed by atoms with E-state index >= 15 is 0 Å². The molecule has 1 amide bonds. The fraction of sp³-hybridized carbons (Fsp3) is 0.857. The molecule has 0 aliphatic carbocycles. The molecule has 0 heterocycles. The molecular weight excluding hydrogens is 142 g/mol. The Labute approximate surface area is 67.5 Å². The Hall–Kier alpha value is -0.610. The Bertz CT molecular complexity index is 116. The van der Waals surface area contributed by atoms with Crippen molar-refractivity contribution in [3.05, 3.63) is 0 Å². The number of carbonyl (C=O) groups excluding carboxylic acids is 1. The van der Waals surface area contributed by atoms with Crippen molar-refractivity contribution in [2.75, 3.05) is 20.1 Å². The predicted molar refractivity (Wildman–Crippen MR) is 45.2 cm³/mol. The average molecular weight is 159 g/mol. The molecule has 66 valence electrons. The van der Waals surface area contributed by atoms with Gasteiger partial charge in [-0.2, -0.15) is 0 Å². The van der Waals surface area contributed by atoms with Gasteiger partial charge in [0.2, 0.25) is 5.91 Å². The second-order valence-corrected chi connectivity index (χ2v) is 2.31. The maximum atomic E-state index is 11.1. The Morgan fingerprint density at radius 3 is 2.64 bits per heavy atom. The molecule has 4 heteroatoms. The van der Waals surface area contributed by atoms with E-state index in [4.69, 9.17) is 5.73 Å². The molecule has 1 atom stereocenters. The van der Waals surface area contributed by atoms with E-state index in [9.17, 15) is 4.79 Å². The number of hydrogen-bond donors (Lipinski definition) is 3. The molecule has 0 saturated heterocycles. The molecule has 0 saturated carbocycles. The van der Waals surface area contributed by atoms with Crippen LogP contribution in [0.1, 0.15) is 13.3 Å². The number of nitrogens with two attached hydrogens (primary N) is 1. The summed E-state index contributed by atoms with van der Waals surface area (Å²) in [6.07, 6.45) is 0.683. The molecule has 0 unspecified atom stereocenters. The fourth-order valence-corrected chi connectivity index (χ4v) is 0.871. The maximum Gasteiger partial charge on any atom is 0.237 e. The molecule has 0 aromatic rings. The van der Waals surface area contributed by atoms with E-state index in [1.165, 1.54) is 0 Å². The van der Waals surface area contributed by atoms with E-state index < -0.39 is 0 Å². The van der Waals surface area contributed by atoms with Gasteiger partial charge in [-0.1, -0.05) is 0 Å². The van der Waals surface area contributed by atoms with Crippen LogP contribution in [0.25, 0.3) is 0 Å². The minimum absolute atomic E-state index is 0.0282. The molecule has 4 N–H and O–H groups in total. The first-order valence-corrected chi connectivity index (χ1v) is 3.91. The number of carbonyl (C=O) groups is 1. The van der Waals surface area contributed by atoms with Gasteiger partial charge >= 0.3 is 0 Å². The lowest BCUT2D eigenvalue weighted by Gasteiger charge is -2.13. The summed E-state index contributed by atoms with van der Waals surface area (Å²) in [4.78, 5) is 11.1. The monoisotopic (exact) mass is 159 g/mol. The van der Waals surface area contributed by atoms with Crippen molar-refractivity contribution in [3.63, 3.8) is 0 Å². The van der Waals surface area contributed by atoms with Gasteiger partial charge in [-0.05, 0) is 26.9 Å². The third kappa shape index (κ3) is 3.95. The van der Waals surface area contributed by atoms with Gasteiger partial charge in [0.25, 0.3) is 0 Å². The first-order chi connectivity index (χ1) is 5.26. The average Bonchev–Trinajstić information content (AvgIpc) is 2.00. The van der Waals surface area contributed by atoms with E-state index in [-0.39, 0.29) is 11.9 Å². The summed E-state index contributed by atoms with van der Waals surface area (Å²) in [5.74, 6) is 0.0282. The first-order valence-electron chi connectivity index (χ1n) is 3.91. The van der Waals surface area contributed by atoms with Gasteiger partial charge in [-0.3, -0.25) is 4.79 Å². The summed E-state index contributed by atoms with van der Waals surface area (Å²) in [5.41, 5.74) is 5.32. The number of likely N-dealkylation sites (N-methyl/N-ethyl adjacent to an activating group) is 2. The molecule has 0 rings (SSSR count). The topological polar surface area (TPSA) is 67.2 Å². The van der Waals surface area contributed by atoms with Gasteiger partial charge < -0.3 is 16.4 Å². The second-order valence-electron chi connectivity index (χ2n) is 2.31. The number of amides is 1. The van der Waals surface area contributed by atoms with Crippen molar-refractivity contribution in [1.82, 2.24) is 10.6 Å². The van der Waals surface area contributed by atoms with E-state index in [2.05, 4.69) is 10.6 Å². The smallest absolute Gasteiger partial charge is 0.237 e. The lowest BCUT2D eigenvalue weighted by atomic mass is 10.2. The van der Waals surface area contributed by atoms with Crippen LogP contribution in [0.4, 0.5) is 0 Å². The second kappa shape index (κ2) is 6.12. The van der Waals surface area contributed by atoms with Gasteiger partial charge in [0, 0.05) is 6.54 Å². The van der Waals surface area contributed by atoms with Crippen LogP contribution in [0.15, 0.2) is 0 Å². The number of hydrogen-bond acceptors (Lipinski definition) is 3. The quantitative estimate of drug-likeness (QED) is 0.485. The van der Waals surface area contributed by atoms with Crippen LogP contribution < -0.4 is 16.4 Å². The highest BCUT2D eigenvalue weighted by Gasteiger charge is 2.12. The number of nitrogens with one attached hydrogen (secondary N) is 2. The summed E-state index contributed by atoms with van der Waals surface area (Å²) >= 11 is 0. The first kappa shape index (κ1) is 10.4. The van der Waals surface area contributed by atoms with Gasteiger partial charge in [0.1, 0.15) is 0 Å². The highest BCUT2D eigenvalue weighted by Crippen LogP contribution is 1.87. The lowest BCUT2D eigenvalue weighted by Crippen LogP contribution is -2.43. The molecule has 0 aliphatic rings. The largest absolute Gasteiger partial charge is 0.355 e. The molecular formula is C7H17N3O. The zero-order chi connectivity index (χ0) is 8.69. The summed E-state index contributed by atoms with van der Waals surface area (Å²) in [6, 6.07) is -0.139. The van der Waals surface area contributed by atoms with Gasteiger partial charge in [0.15, 0.2) is 0 Å². The highest BCUT2D eigenvalue weighted by molar-refractivity contribution is 5.81. The van der Waals surface area contributed by atoms with Crippen molar-refractivity contribution in [2.24, 2.45) is 5.73 Å². The zero-order valence-electron chi connectivity index (χ0n) is 7.18. The molecule has 0 fully saturated rings. The minimum atomic E-state index is -0.139. The lowest BCUT2D eigenvalue weighted by molar-refractivity contribution is -0.123. The van der Waals surface area contributed by atoms with Crippen molar-refractivity contribution in [1.29, 1.82) is 0 Å². The van der Waals surface area contributed by atoms with Crippen molar-refractivity contribution in [3.8, 4) is 0 Å². The molecule has 11 heavy (non-hydrogen) atoms. The Morgan fingerprint density at radius 1 is 1.64 bits per heavy atom. The summed E-state index contributed by atoms with van der Waals surface area (Å²) in [6.45, 7) is 3.09. The molecule has 0 aromatic heterocycles. The molecule has 0 bridgehead atoms. The van der Waals surface area contributed by atoms with Crippen LogP contribution in [-0.2, 0) is 4.79 Å². The van der Waals surface area contributed by atoms with E-state index in [0.717, 1.165) is 0 Å². The van der Waals surface area contributed by atoms with Crippen LogP contribution >= 0.6 is 0 Å². The normalized spacial score (nSPS) is 12.6. The van der Waals surface area contributed by atoms with Crippen LogP contribution in [0.2, 0.25) is 0 Å². The van der Waals surface area contributed by atoms with Crippen LogP contribution in [0.5, 0.6) is 0 Å². The van der Waals surface area contributed by atoms with Gasteiger partial charge in [0.05, 0.1) is 6.04 Å². The predicted octanol–water partition coefficient (Wildman–Crippen LogP) is -0.941. The van der Waals surface area contributed by atoms with Crippen LogP contribution in [-0.4, -0.2) is 32.1 Å². The Morgan fingerprint density at radius 2 is 2.27 bits per heavy atom. The molecule has 0 radical (unpaired) electrons. The summed E-state index contributed by atoms with van der Waals surface area (Å²) < 4.78 is 0. The van der Waals surface area contributed by atoms with E-state index in [1.807, 2.05) is 6.92 Å². The standard InChI is InChI=1S/C7H17N3O/c1-3-10-7(11)6(9-2)4-5-8/h6,9H,3-5,8H2,1-2H3,(H,10,11)/t6-/m0/s1. The van der Waals surface area contributed by atoms with E-state index in [1.54, 1.807) is 7.05 Å². The van der Waals surface area contributed by atoms with Crippen molar-refractivity contribution >= 4 is 5.91 Å². The highest BCUT2D eigenvalue weighted by atomic mass is 16.2. The molecule has 0 aliphatic heterocycles. The fourth-order valence-electron chi connectivity index (χ4n) is 0.871. The van der Waals surface area contributed by atoms with Crippen molar-refractivity contribution in [2.45, 2.75) is 19.4 Å². The summed E-state index contributed by atoms with van der Waals surface area (Å²) in [5, 5.41) is 5.62. The minimum Gasteiger partial charge on any atom is -0.355 e. The third-order valence-electron chi connectivity index (χ3n) is 1.47. The van der Waals surface area contributed by atoms with E-state index in [0.29, 0.717) is 19.5 Å². The molecule has 0 spiro atoms. The van der Waals surface area contributed by atoms with Crippen molar-refractivity contribution < 1.29 is 4.79 Å². The third-order valence-corrected chi connectivity index (χ3v) is 1.47. The number of rotatable bonds is 5. The van der Waals surface area contributed by atoms with Crippen LogP contribution in [0.3, 0.4) is 0 Å². The van der Waals surface area contributed by atoms with Gasteiger partial charge in [-0.25, -0.2) is 0 Å². The maximum absolute atomic E-state index is 11.1. The SMILES string of the molecule is CCNC(=O)[C@H](CCN)NC. The molecule has 0 aromatic carbocycles. The zero-order valence-corrected chi connectivity index (χ0v) is 7.18. The Kier molecular flexibility index (Phi) is 5.78. The van der Waals surface area contributed by atoms with Crippen LogP contribution in [0, 0.1) is 0 Å². The summed E-state index contributed by atoms with van der Waals surface area (Å²) in [7, 11) is 1.76. The molecule has 4 nitrogen and oxygen atoms in total. The Balaban J connectivity index is 3.71.